The summed E-state index contributed by atoms with van der Waals surface area (Å²) in [7, 11) is 0. The number of hydrogen-bond acceptors (Lipinski definition) is 7. The first-order chi connectivity index (χ1) is 14.8. The van der Waals surface area contributed by atoms with E-state index in [0.29, 0.717) is 11.4 Å². The van der Waals surface area contributed by atoms with Crippen molar-refractivity contribution >= 4 is 11.9 Å². The molecule has 0 saturated carbocycles. The summed E-state index contributed by atoms with van der Waals surface area (Å²) in [6, 6.07) is 3.23. The Kier molecular flexibility index (Phi) is 6.38. The molecule has 0 aliphatic rings. The van der Waals surface area contributed by atoms with Crippen molar-refractivity contribution in [2.24, 2.45) is 0 Å². The van der Waals surface area contributed by atoms with Gasteiger partial charge in [0.15, 0.2) is 11.6 Å². The van der Waals surface area contributed by atoms with Gasteiger partial charge in [0.2, 0.25) is 0 Å². The van der Waals surface area contributed by atoms with Crippen LogP contribution in [0.4, 0.5) is 8.78 Å². The lowest BCUT2D eigenvalue weighted by Crippen LogP contribution is -2.17. The third kappa shape index (κ3) is 4.27. The summed E-state index contributed by atoms with van der Waals surface area (Å²) in [5.41, 5.74) is 1.26. The Bertz CT molecular complexity index is 1120. The molecule has 2 heterocycles. The van der Waals surface area contributed by atoms with Gasteiger partial charge in [0.25, 0.3) is 0 Å². The van der Waals surface area contributed by atoms with E-state index >= 15 is 0 Å². The van der Waals surface area contributed by atoms with Gasteiger partial charge in [-0.15, -0.1) is 5.10 Å². The number of rotatable bonds is 6. The van der Waals surface area contributed by atoms with Gasteiger partial charge in [0.1, 0.15) is 5.69 Å². The highest BCUT2D eigenvalue weighted by Gasteiger charge is 2.29. The van der Waals surface area contributed by atoms with E-state index in [-0.39, 0.29) is 41.3 Å². The summed E-state index contributed by atoms with van der Waals surface area (Å²) in [6.07, 6.45) is 1.40. The lowest BCUT2D eigenvalue weighted by Gasteiger charge is -2.15. The molecule has 0 amide bonds. The maximum absolute atomic E-state index is 13.6. The van der Waals surface area contributed by atoms with E-state index in [0.717, 1.165) is 12.1 Å². The Morgan fingerprint density at radius 2 is 1.55 bits per heavy atom. The highest BCUT2D eigenvalue weighted by molar-refractivity contribution is 6.06. The number of esters is 2. The largest absolute Gasteiger partial charge is 0.462 e. The van der Waals surface area contributed by atoms with Crippen molar-refractivity contribution in [1.82, 2.24) is 20.0 Å². The van der Waals surface area contributed by atoms with Gasteiger partial charge in [-0.25, -0.2) is 23.1 Å². The van der Waals surface area contributed by atoms with Gasteiger partial charge in [-0.1, -0.05) is 5.21 Å². The molecule has 0 unspecified atom stereocenters. The number of aryl methyl sites for hydroxylation is 2. The van der Waals surface area contributed by atoms with E-state index in [1.165, 1.54) is 16.9 Å². The number of nitrogens with zero attached hydrogens (tertiary/aromatic N) is 4. The van der Waals surface area contributed by atoms with Crippen molar-refractivity contribution in [3.63, 3.8) is 0 Å². The molecule has 0 radical (unpaired) electrons. The van der Waals surface area contributed by atoms with Crippen LogP contribution >= 0.6 is 0 Å². The monoisotopic (exact) mass is 430 g/mol. The molecule has 3 aromatic rings. The van der Waals surface area contributed by atoms with Crippen LogP contribution in [0.1, 0.15) is 46.0 Å². The second-order valence-electron chi connectivity index (χ2n) is 6.50. The SMILES string of the molecule is CCOC(=O)c1c(C)nc(C)c(C(=O)OCC)c1-c1cn(-c2ccc(F)c(F)c2)nn1. The Morgan fingerprint density at radius 1 is 0.968 bits per heavy atom. The van der Waals surface area contributed by atoms with Crippen molar-refractivity contribution in [1.29, 1.82) is 0 Å². The van der Waals surface area contributed by atoms with Crippen molar-refractivity contribution in [3.8, 4) is 16.9 Å². The minimum absolute atomic E-state index is 0.0489. The second kappa shape index (κ2) is 8.99. The lowest BCUT2D eigenvalue weighted by atomic mass is 9.96. The Morgan fingerprint density at radius 3 is 2.06 bits per heavy atom. The first kappa shape index (κ1) is 22.0. The lowest BCUT2D eigenvalue weighted by molar-refractivity contribution is 0.0525. The van der Waals surface area contributed by atoms with Crippen molar-refractivity contribution in [2.45, 2.75) is 27.7 Å². The van der Waals surface area contributed by atoms with Gasteiger partial charge in [-0.3, -0.25) is 4.98 Å². The fourth-order valence-corrected chi connectivity index (χ4v) is 3.14. The average molecular weight is 430 g/mol. The molecule has 0 N–H and O–H groups in total. The van der Waals surface area contributed by atoms with E-state index in [1.54, 1.807) is 27.7 Å². The van der Waals surface area contributed by atoms with Crippen LogP contribution in [0, 0.1) is 25.5 Å². The van der Waals surface area contributed by atoms with Crippen LogP contribution in [-0.2, 0) is 9.47 Å². The number of ether oxygens (including phenoxy) is 2. The van der Waals surface area contributed by atoms with Crippen molar-refractivity contribution < 1.29 is 27.8 Å². The number of pyridine rings is 1. The highest BCUT2D eigenvalue weighted by atomic mass is 19.2. The highest BCUT2D eigenvalue weighted by Crippen LogP contribution is 2.31. The normalized spacial score (nSPS) is 10.8. The molecule has 0 atom stereocenters. The van der Waals surface area contributed by atoms with Crippen LogP contribution in [0.3, 0.4) is 0 Å². The molecule has 0 aliphatic heterocycles. The predicted octanol–water partition coefficient (Wildman–Crippen LogP) is 3.58. The van der Waals surface area contributed by atoms with E-state index < -0.39 is 23.6 Å². The minimum atomic E-state index is -1.05. The van der Waals surface area contributed by atoms with Crippen LogP contribution in [0.25, 0.3) is 16.9 Å². The summed E-state index contributed by atoms with van der Waals surface area (Å²) >= 11 is 0. The molecule has 0 aliphatic carbocycles. The zero-order valence-electron chi connectivity index (χ0n) is 17.4. The maximum Gasteiger partial charge on any atom is 0.340 e. The minimum Gasteiger partial charge on any atom is -0.462 e. The summed E-state index contributed by atoms with van der Waals surface area (Å²) < 4.78 is 38.4. The number of hydrogen-bond donors (Lipinski definition) is 0. The fraction of sp³-hybridized carbons (Fsp3) is 0.286. The standard InChI is InChI=1S/C21H20F2N4O4/c1-5-30-20(28)17-11(3)24-12(4)18(21(29)31-6-2)19(17)16-10-27(26-25-16)13-7-8-14(22)15(23)9-13/h7-10H,5-6H2,1-4H3. The van der Waals surface area contributed by atoms with Gasteiger partial charge >= 0.3 is 11.9 Å². The Balaban J connectivity index is 2.25. The van der Waals surface area contributed by atoms with Gasteiger partial charge in [-0.2, -0.15) is 0 Å². The molecule has 8 nitrogen and oxygen atoms in total. The third-order valence-corrected chi connectivity index (χ3v) is 4.44. The molecular formula is C21H20F2N4O4. The molecule has 2 aromatic heterocycles. The second-order valence-corrected chi connectivity index (χ2v) is 6.50. The number of carbonyl (C=O) groups excluding carboxylic acids is 2. The molecule has 162 valence electrons. The molecule has 3 rings (SSSR count). The summed E-state index contributed by atoms with van der Waals surface area (Å²) in [6.45, 7) is 6.75. The Labute approximate surface area is 176 Å². The summed E-state index contributed by atoms with van der Waals surface area (Å²) in [5, 5.41) is 8.00. The van der Waals surface area contributed by atoms with Gasteiger partial charge in [0.05, 0.1) is 47.6 Å². The van der Waals surface area contributed by atoms with Crippen molar-refractivity contribution in [3.05, 3.63) is 58.5 Å². The smallest absolute Gasteiger partial charge is 0.340 e. The zero-order chi connectivity index (χ0) is 22.7. The first-order valence-corrected chi connectivity index (χ1v) is 9.52. The van der Waals surface area contributed by atoms with Crippen molar-refractivity contribution in [2.75, 3.05) is 13.2 Å². The average Bonchev–Trinajstić information content (AvgIpc) is 3.19. The molecule has 0 bridgehead atoms. The summed E-state index contributed by atoms with van der Waals surface area (Å²) in [5.74, 6) is -3.42. The Hall–Kier alpha value is -3.69. The van der Waals surface area contributed by atoms with E-state index in [2.05, 4.69) is 15.3 Å². The van der Waals surface area contributed by atoms with E-state index in [9.17, 15) is 18.4 Å². The zero-order valence-corrected chi connectivity index (χ0v) is 17.4. The molecule has 31 heavy (non-hydrogen) atoms. The van der Waals surface area contributed by atoms with E-state index in [1.807, 2.05) is 0 Å². The van der Waals surface area contributed by atoms with Gasteiger partial charge in [0, 0.05) is 11.6 Å². The number of aromatic nitrogens is 4. The van der Waals surface area contributed by atoms with Crippen LogP contribution in [0.15, 0.2) is 24.4 Å². The third-order valence-electron chi connectivity index (χ3n) is 4.44. The quantitative estimate of drug-likeness (QED) is 0.552. The van der Waals surface area contributed by atoms with Crippen LogP contribution < -0.4 is 0 Å². The molecule has 0 spiro atoms. The topological polar surface area (TPSA) is 96.2 Å². The number of benzene rings is 1. The predicted molar refractivity (Wildman–Crippen MR) is 106 cm³/mol. The molecule has 0 saturated heterocycles. The molecule has 1 aromatic carbocycles. The van der Waals surface area contributed by atoms with E-state index in [4.69, 9.17) is 9.47 Å². The molecule has 10 heteroatoms. The number of carbonyl (C=O) groups is 2. The fourth-order valence-electron chi connectivity index (χ4n) is 3.14. The number of halogens is 2. The first-order valence-electron chi connectivity index (χ1n) is 9.52. The molecular weight excluding hydrogens is 410 g/mol. The van der Waals surface area contributed by atoms with Gasteiger partial charge < -0.3 is 9.47 Å². The van der Waals surface area contributed by atoms with Gasteiger partial charge in [-0.05, 0) is 39.8 Å². The van der Waals surface area contributed by atoms with Crippen LogP contribution in [0.2, 0.25) is 0 Å². The summed E-state index contributed by atoms with van der Waals surface area (Å²) in [4.78, 5) is 29.7. The maximum atomic E-state index is 13.6. The van der Waals surface area contributed by atoms with Crippen LogP contribution in [-0.4, -0.2) is 45.1 Å². The van der Waals surface area contributed by atoms with Crippen LogP contribution in [0.5, 0.6) is 0 Å². The molecule has 0 fully saturated rings.